The second-order valence-corrected chi connectivity index (χ2v) is 6.41. The number of nitrogens with zero attached hydrogens (tertiary/aromatic N) is 2. The van der Waals surface area contributed by atoms with Crippen molar-refractivity contribution in [3.63, 3.8) is 0 Å². The van der Waals surface area contributed by atoms with Crippen LogP contribution in [0, 0.1) is 0 Å². The van der Waals surface area contributed by atoms with E-state index in [1.165, 1.54) is 0 Å². The molecule has 1 atom stereocenters. The molecule has 0 radical (unpaired) electrons. The van der Waals surface area contributed by atoms with Crippen LogP contribution in [0.4, 0.5) is 11.6 Å². The van der Waals surface area contributed by atoms with Crippen LogP contribution >= 0.6 is 0 Å². The number of hydrogen-bond donors (Lipinski definition) is 2. The van der Waals surface area contributed by atoms with Crippen LogP contribution in [0.5, 0.6) is 5.75 Å². The number of aliphatic imine (C=N–C) groups is 1. The van der Waals surface area contributed by atoms with Crippen molar-refractivity contribution in [3.8, 4) is 5.75 Å². The molecule has 0 saturated heterocycles. The Morgan fingerprint density at radius 2 is 1.96 bits per heavy atom. The van der Waals surface area contributed by atoms with Crippen molar-refractivity contribution in [2.45, 2.75) is 6.17 Å². The Morgan fingerprint density at radius 3 is 2.78 bits per heavy atom. The van der Waals surface area contributed by atoms with Crippen molar-refractivity contribution in [1.82, 2.24) is 4.98 Å². The Hall–Kier alpha value is -3.51. The van der Waals surface area contributed by atoms with E-state index in [2.05, 4.69) is 11.1 Å². The number of furan rings is 1. The fourth-order valence-corrected chi connectivity index (χ4v) is 3.47. The highest BCUT2D eigenvalue weighted by molar-refractivity contribution is 6.13. The molecule has 1 aliphatic heterocycles. The highest BCUT2D eigenvalue weighted by Crippen LogP contribution is 2.38. The molecule has 2 aromatic heterocycles. The maximum Gasteiger partial charge on any atom is 0.227 e. The lowest BCUT2D eigenvalue weighted by atomic mass is 10.1. The van der Waals surface area contributed by atoms with E-state index in [0.717, 1.165) is 39.3 Å². The molecular formula is C21H18N4O2. The first-order valence-electron chi connectivity index (χ1n) is 8.67. The number of nitrogens with two attached hydrogens (primary N) is 1. The summed E-state index contributed by atoms with van der Waals surface area (Å²) in [6.45, 7) is 0. The van der Waals surface area contributed by atoms with Crippen LogP contribution < -0.4 is 15.4 Å². The second-order valence-electron chi connectivity index (χ2n) is 6.41. The Labute approximate surface area is 155 Å². The first-order chi connectivity index (χ1) is 13.2. The van der Waals surface area contributed by atoms with Gasteiger partial charge in [-0.25, -0.2) is 0 Å². The maximum atomic E-state index is 6.61. The van der Waals surface area contributed by atoms with E-state index in [4.69, 9.17) is 19.9 Å². The minimum absolute atomic E-state index is 0.401. The molecule has 5 rings (SSSR count). The van der Waals surface area contributed by atoms with Gasteiger partial charge in [-0.05, 0) is 54.6 Å². The molecule has 0 fully saturated rings. The van der Waals surface area contributed by atoms with Gasteiger partial charge in [0.1, 0.15) is 17.8 Å². The number of aromatic amines is 1. The molecule has 6 nitrogen and oxygen atoms in total. The number of anilines is 1. The van der Waals surface area contributed by atoms with Crippen LogP contribution in [0.25, 0.3) is 10.9 Å². The molecule has 27 heavy (non-hydrogen) atoms. The largest absolute Gasteiger partial charge is 0.497 e. The fourth-order valence-electron chi connectivity index (χ4n) is 3.47. The molecular weight excluding hydrogens is 340 g/mol. The maximum absolute atomic E-state index is 6.61. The number of amidine groups is 1. The number of ether oxygens (including phenoxy) is 1. The van der Waals surface area contributed by atoms with Gasteiger partial charge in [-0.15, -0.1) is 0 Å². The van der Waals surface area contributed by atoms with Gasteiger partial charge in [0, 0.05) is 28.4 Å². The Kier molecular flexibility index (Phi) is 3.51. The molecule has 0 saturated carbocycles. The number of nitrogens with one attached hydrogen (secondary N) is 1. The first kappa shape index (κ1) is 15.7. The van der Waals surface area contributed by atoms with Crippen LogP contribution in [0.2, 0.25) is 0 Å². The molecule has 134 valence electrons. The predicted octanol–water partition coefficient (Wildman–Crippen LogP) is 4.33. The van der Waals surface area contributed by atoms with Gasteiger partial charge in [0.05, 0.1) is 18.9 Å². The molecule has 3 heterocycles. The number of methoxy groups -OCH3 is 1. The topological polar surface area (TPSA) is 79.8 Å². The molecule has 3 N–H and O–H groups in total. The summed E-state index contributed by atoms with van der Waals surface area (Å²) >= 11 is 0. The van der Waals surface area contributed by atoms with Crippen molar-refractivity contribution in [2.24, 2.45) is 10.7 Å². The van der Waals surface area contributed by atoms with E-state index in [1.807, 2.05) is 59.6 Å². The van der Waals surface area contributed by atoms with Crippen LogP contribution in [0.1, 0.15) is 17.3 Å². The second kappa shape index (κ2) is 6.03. The number of H-pyrrole nitrogens is 1. The van der Waals surface area contributed by atoms with E-state index in [-0.39, 0.29) is 0 Å². The molecule has 0 bridgehead atoms. The van der Waals surface area contributed by atoms with Gasteiger partial charge < -0.3 is 24.8 Å². The van der Waals surface area contributed by atoms with Gasteiger partial charge in [-0.2, -0.15) is 4.99 Å². The van der Waals surface area contributed by atoms with Crippen molar-refractivity contribution in [2.75, 3.05) is 12.0 Å². The molecule has 0 spiro atoms. The Bertz CT molecular complexity index is 1140. The summed E-state index contributed by atoms with van der Waals surface area (Å²) in [5.74, 6) is 2.09. The highest BCUT2D eigenvalue weighted by atomic mass is 16.5. The average molecular weight is 358 g/mol. The summed E-state index contributed by atoms with van der Waals surface area (Å²) < 4.78 is 10.8. The van der Waals surface area contributed by atoms with E-state index in [0.29, 0.717) is 5.88 Å². The molecule has 4 aromatic rings. The quantitative estimate of drug-likeness (QED) is 0.571. The van der Waals surface area contributed by atoms with Gasteiger partial charge in [0.25, 0.3) is 0 Å². The monoisotopic (exact) mass is 358 g/mol. The number of fused-ring (bicyclic) bond motifs is 2. The summed E-state index contributed by atoms with van der Waals surface area (Å²) in [4.78, 5) is 10.0. The number of aromatic nitrogens is 1. The summed E-state index contributed by atoms with van der Waals surface area (Å²) in [6, 6.07) is 17.9. The van der Waals surface area contributed by atoms with Crippen LogP contribution in [0.15, 0.2) is 76.5 Å². The Morgan fingerprint density at radius 1 is 1.11 bits per heavy atom. The number of benzene rings is 2. The van der Waals surface area contributed by atoms with E-state index in [9.17, 15) is 0 Å². The zero-order valence-corrected chi connectivity index (χ0v) is 14.7. The van der Waals surface area contributed by atoms with Crippen LogP contribution in [-0.4, -0.2) is 17.9 Å². The fraction of sp³-hybridized carbons (Fsp3) is 0.0952. The van der Waals surface area contributed by atoms with Gasteiger partial charge >= 0.3 is 0 Å². The molecule has 2 aromatic carbocycles. The SMILES string of the molecule is COc1ccc(N2C(c3ccc4[nH]ccc4c3)=Nc3occc3C2N)cc1. The van der Waals surface area contributed by atoms with Crippen LogP contribution in [-0.2, 0) is 0 Å². The van der Waals surface area contributed by atoms with Crippen molar-refractivity contribution in [3.05, 3.63) is 78.2 Å². The van der Waals surface area contributed by atoms with Crippen molar-refractivity contribution in [1.29, 1.82) is 0 Å². The lowest BCUT2D eigenvalue weighted by Gasteiger charge is -2.34. The van der Waals surface area contributed by atoms with Gasteiger partial charge in [-0.3, -0.25) is 0 Å². The van der Waals surface area contributed by atoms with Crippen molar-refractivity contribution >= 4 is 28.3 Å². The normalized spacial score (nSPS) is 16.3. The summed E-state index contributed by atoms with van der Waals surface area (Å²) in [6.07, 6.45) is 3.15. The predicted molar refractivity (Wildman–Crippen MR) is 106 cm³/mol. The third kappa shape index (κ3) is 2.50. The van der Waals surface area contributed by atoms with Crippen LogP contribution in [0.3, 0.4) is 0 Å². The number of hydrogen-bond acceptors (Lipinski definition) is 5. The summed E-state index contributed by atoms with van der Waals surface area (Å²) in [5, 5.41) is 1.11. The molecule has 0 amide bonds. The minimum Gasteiger partial charge on any atom is -0.497 e. The minimum atomic E-state index is -0.401. The van der Waals surface area contributed by atoms with E-state index in [1.54, 1.807) is 13.4 Å². The average Bonchev–Trinajstić information content (AvgIpc) is 3.36. The lowest BCUT2D eigenvalue weighted by molar-refractivity contribution is 0.415. The van der Waals surface area contributed by atoms with Gasteiger partial charge in [0.15, 0.2) is 0 Å². The highest BCUT2D eigenvalue weighted by Gasteiger charge is 2.31. The molecule has 6 heteroatoms. The number of rotatable bonds is 3. The standard InChI is InChI=1S/C21H18N4O2/c1-26-16-5-3-15(4-6-16)25-19(22)17-9-11-27-21(17)24-20(25)14-2-7-18-13(12-14)8-10-23-18/h2-12,19,23H,22H2,1H3. The van der Waals surface area contributed by atoms with Gasteiger partial charge in [0.2, 0.25) is 5.88 Å². The smallest absolute Gasteiger partial charge is 0.227 e. The molecule has 1 unspecified atom stereocenters. The lowest BCUT2D eigenvalue weighted by Crippen LogP contribution is -2.41. The Balaban J connectivity index is 1.68. The molecule has 0 aliphatic carbocycles. The zero-order valence-electron chi connectivity index (χ0n) is 14.7. The van der Waals surface area contributed by atoms with Crippen molar-refractivity contribution < 1.29 is 9.15 Å². The summed E-state index contributed by atoms with van der Waals surface area (Å²) in [7, 11) is 1.65. The molecule has 1 aliphatic rings. The van der Waals surface area contributed by atoms with E-state index >= 15 is 0 Å². The third-order valence-electron chi connectivity index (χ3n) is 4.87. The van der Waals surface area contributed by atoms with E-state index < -0.39 is 6.17 Å². The zero-order chi connectivity index (χ0) is 18.4. The van der Waals surface area contributed by atoms with Gasteiger partial charge in [-0.1, -0.05) is 0 Å². The third-order valence-corrected chi connectivity index (χ3v) is 4.87. The summed E-state index contributed by atoms with van der Waals surface area (Å²) in [5.41, 5.74) is 10.4. The first-order valence-corrected chi connectivity index (χ1v) is 8.67.